The van der Waals surface area contributed by atoms with Crippen molar-refractivity contribution in [3.05, 3.63) is 24.2 Å². The van der Waals surface area contributed by atoms with Crippen molar-refractivity contribution >= 4 is 11.2 Å². The van der Waals surface area contributed by atoms with Crippen LogP contribution in [0, 0.1) is 5.92 Å². The summed E-state index contributed by atoms with van der Waals surface area (Å²) in [6, 6.07) is 4.01. The Morgan fingerprint density at radius 1 is 1.14 bits per heavy atom. The first-order valence-corrected chi connectivity index (χ1v) is 8.43. The number of aromatic nitrogens is 3. The summed E-state index contributed by atoms with van der Waals surface area (Å²) in [5.74, 6) is 1.79. The molecule has 2 aromatic rings. The zero-order valence-corrected chi connectivity index (χ0v) is 12.9. The lowest BCUT2D eigenvalue weighted by atomic mass is 9.96. The van der Waals surface area contributed by atoms with Crippen LogP contribution in [-0.4, -0.2) is 34.4 Å². The molecule has 0 amide bonds. The average Bonchev–Trinajstić information content (AvgIpc) is 2.94. The number of fused-ring (bicyclic) bond motifs is 1. The highest BCUT2D eigenvalue weighted by Crippen LogP contribution is 2.30. The third-order valence-corrected chi connectivity index (χ3v) is 4.78. The van der Waals surface area contributed by atoms with Crippen LogP contribution in [0.4, 0.5) is 0 Å². The fourth-order valence-corrected chi connectivity index (χ4v) is 3.56. The van der Waals surface area contributed by atoms with Crippen LogP contribution in [0.3, 0.4) is 0 Å². The van der Waals surface area contributed by atoms with E-state index in [1.807, 2.05) is 12.3 Å². The minimum absolute atomic E-state index is 0.100. The van der Waals surface area contributed by atoms with E-state index in [1.54, 1.807) is 0 Å². The summed E-state index contributed by atoms with van der Waals surface area (Å²) >= 11 is 0. The molecule has 2 aromatic heterocycles. The highest BCUT2D eigenvalue weighted by atomic mass is 16.5. The van der Waals surface area contributed by atoms with E-state index in [9.17, 15) is 0 Å². The fraction of sp³-hybridized carbons (Fsp3) is 0.647. The molecule has 22 heavy (non-hydrogen) atoms. The van der Waals surface area contributed by atoms with Crippen molar-refractivity contribution in [2.24, 2.45) is 5.92 Å². The molecule has 0 N–H and O–H groups in total. The van der Waals surface area contributed by atoms with Gasteiger partial charge in [0.2, 0.25) is 0 Å². The summed E-state index contributed by atoms with van der Waals surface area (Å²) in [5, 5.41) is 0. The third-order valence-electron chi connectivity index (χ3n) is 4.78. The zero-order chi connectivity index (χ0) is 14.8. The van der Waals surface area contributed by atoms with Crippen LogP contribution in [0.15, 0.2) is 18.3 Å². The van der Waals surface area contributed by atoms with Gasteiger partial charge in [0.05, 0.1) is 0 Å². The molecule has 0 bridgehead atoms. The standard InChI is InChI=1S/C17H23N3O2/c1-2-9-22-16(5-1)20-15(12-13-6-10-21-11-7-13)19-14-4-3-8-18-17(14)20/h3-4,8,13,16H,1-2,5-7,9-12H2. The molecule has 118 valence electrons. The Kier molecular flexibility index (Phi) is 4.08. The average molecular weight is 301 g/mol. The number of rotatable bonds is 3. The molecule has 5 nitrogen and oxygen atoms in total. The van der Waals surface area contributed by atoms with E-state index in [0.29, 0.717) is 5.92 Å². The minimum Gasteiger partial charge on any atom is -0.381 e. The Balaban J connectivity index is 1.68. The van der Waals surface area contributed by atoms with Crippen LogP contribution in [0.5, 0.6) is 0 Å². The SMILES string of the molecule is c1cnc2c(c1)nc(CC1CCOCC1)n2C1CCCCO1. The van der Waals surface area contributed by atoms with Gasteiger partial charge in [-0.1, -0.05) is 0 Å². The topological polar surface area (TPSA) is 49.2 Å². The maximum absolute atomic E-state index is 6.02. The number of pyridine rings is 1. The zero-order valence-electron chi connectivity index (χ0n) is 12.9. The normalized spacial score (nSPS) is 23.9. The molecule has 1 unspecified atom stereocenters. The first-order valence-electron chi connectivity index (χ1n) is 8.43. The molecule has 2 aliphatic rings. The molecule has 0 aromatic carbocycles. The summed E-state index contributed by atoms with van der Waals surface area (Å²) in [7, 11) is 0. The minimum atomic E-state index is 0.100. The van der Waals surface area contributed by atoms with Gasteiger partial charge in [-0.3, -0.25) is 4.57 Å². The number of hydrogen-bond acceptors (Lipinski definition) is 4. The number of ether oxygens (including phenoxy) is 2. The second-order valence-corrected chi connectivity index (χ2v) is 6.33. The van der Waals surface area contributed by atoms with Gasteiger partial charge in [-0.15, -0.1) is 0 Å². The summed E-state index contributed by atoms with van der Waals surface area (Å²) in [5.41, 5.74) is 1.95. The summed E-state index contributed by atoms with van der Waals surface area (Å²) in [4.78, 5) is 9.43. The molecular weight excluding hydrogens is 278 g/mol. The quantitative estimate of drug-likeness (QED) is 0.874. The van der Waals surface area contributed by atoms with Gasteiger partial charge in [0, 0.05) is 32.4 Å². The maximum Gasteiger partial charge on any atom is 0.162 e. The maximum atomic E-state index is 6.02. The highest BCUT2D eigenvalue weighted by molar-refractivity contribution is 5.71. The van der Waals surface area contributed by atoms with Crippen LogP contribution >= 0.6 is 0 Å². The van der Waals surface area contributed by atoms with Gasteiger partial charge in [-0.25, -0.2) is 9.97 Å². The highest BCUT2D eigenvalue weighted by Gasteiger charge is 2.25. The van der Waals surface area contributed by atoms with Crippen LogP contribution in [0.25, 0.3) is 11.2 Å². The molecule has 1 atom stereocenters. The Morgan fingerprint density at radius 2 is 2.05 bits per heavy atom. The number of imidazole rings is 1. The van der Waals surface area contributed by atoms with Crippen molar-refractivity contribution in [3.63, 3.8) is 0 Å². The molecule has 4 rings (SSSR count). The number of nitrogens with zero attached hydrogens (tertiary/aromatic N) is 3. The van der Waals surface area contributed by atoms with Gasteiger partial charge in [0.1, 0.15) is 17.6 Å². The molecule has 0 radical (unpaired) electrons. The molecule has 2 saturated heterocycles. The Morgan fingerprint density at radius 3 is 2.86 bits per heavy atom. The second kappa shape index (κ2) is 6.34. The van der Waals surface area contributed by atoms with E-state index in [-0.39, 0.29) is 6.23 Å². The van der Waals surface area contributed by atoms with Crippen LogP contribution < -0.4 is 0 Å². The van der Waals surface area contributed by atoms with Gasteiger partial charge < -0.3 is 9.47 Å². The van der Waals surface area contributed by atoms with E-state index in [2.05, 4.69) is 15.6 Å². The fourth-order valence-electron chi connectivity index (χ4n) is 3.56. The Hall–Kier alpha value is -1.46. The molecule has 0 saturated carbocycles. The van der Waals surface area contributed by atoms with Crippen molar-refractivity contribution in [1.82, 2.24) is 14.5 Å². The molecule has 5 heteroatoms. The first-order chi connectivity index (χ1) is 10.9. The lowest BCUT2D eigenvalue weighted by Crippen LogP contribution is -2.23. The molecule has 0 aliphatic carbocycles. The lowest BCUT2D eigenvalue weighted by Gasteiger charge is -2.27. The van der Waals surface area contributed by atoms with Crippen LogP contribution in [-0.2, 0) is 15.9 Å². The number of hydrogen-bond donors (Lipinski definition) is 0. The van der Waals surface area contributed by atoms with Crippen molar-refractivity contribution < 1.29 is 9.47 Å². The van der Waals surface area contributed by atoms with Gasteiger partial charge in [0.25, 0.3) is 0 Å². The summed E-state index contributed by atoms with van der Waals surface area (Å²) in [6.07, 6.45) is 8.64. The van der Waals surface area contributed by atoms with E-state index in [0.717, 1.165) is 68.9 Å². The van der Waals surface area contributed by atoms with E-state index in [4.69, 9.17) is 14.5 Å². The van der Waals surface area contributed by atoms with Crippen LogP contribution in [0.1, 0.15) is 44.2 Å². The molecular formula is C17H23N3O2. The second-order valence-electron chi connectivity index (χ2n) is 6.33. The van der Waals surface area contributed by atoms with Gasteiger partial charge in [-0.05, 0) is 50.2 Å². The van der Waals surface area contributed by atoms with Gasteiger partial charge >= 0.3 is 0 Å². The largest absolute Gasteiger partial charge is 0.381 e. The molecule has 2 aliphatic heterocycles. The summed E-state index contributed by atoms with van der Waals surface area (Å²) < 4.78 is 13.8. The molecule has 0 spiro atoms. The van der Waals surface area contributed by atoms with Gasteiger partial charge in [0.15, 0.2) is 5.65 Å². The van der Waals surface area contributed by atoms with Crippen molar-refractivity contribution in [2.75, 3.05) is 19.8 Å². The van der Waals surface area contributed by atoms with Gasteiger partial charge in [-0.2, -0.15) is 0 Å². The van der Waals surface area contributed by atoms with E-state index in [1.165, 1.54) is 6.42 Å². The smallest absolute Gasteiger partial charge is 0.162 e. The molecule has 2 fully saturated rings. The van der Waals surface area contributed by atoms with E-state index < -0.39 is 0 Å². The monoisotopic (exact) mass is 301 g/mol. The molecule has 4 heterocycles. The van der Waals surface area contributed by atoms with Crippen molar-refractivity contribution in [2.45, 2.75) is 44.8 Å². The van der Waals surface area contributed by atoms with Crippen molar-refractivity contribution in [3.8, 4) is 0 Å². The van der Waals surface area contributed by atoms with Crippen molar-refractivity contribution in [1.29, 1.82) is 0 Å². The Labute approximate surface area is 130 Å². The van der Waals surface area contributed by atoms with Crippen LogP contribution in [0.2, 0.25) is 0 Å². The van der Waals surface area contributed by atoms with E-state index >= 15 is 0 Å². The third kappa shape index (κ3) is 2.75. The lowest BCUT2D eigenvalue weighted by molar-refractivity contribution is -0.0319. The predicted molar refractivity (Wildman–Crippen MR) is 83.6 cm³/mol. The predicted octanol–water partition coefficient (Wildman–Crippen LogP) is 3.10. The first kappa shape index (κ1) is 14.2. The Bertz CT molecular complexity index is 628. The summed E-state index contributed by atoms with van der Waals surface area (Å²) in [6.45, 7) is 2.60.